The van der Waals surface area contributed by atoms with E-state index in [1.54, 1.807) is 0 Å². The minimum absolute atomic E-state index is 0.590. The molecule has 0 aromatic heterocycles. The topological polar surface area (TPSA) is 34.6 Å². The molecule has 0 unspecified atom stereocenters. The van der Waals surface area contributed by atoms with Gasteiger partial charge in [-0.3, -0.25) is 0 Å². The lowest BCUT2D eigenvalue weighted by atomic mass is 9.91. The zero-order valence-electron chi connectivity index (χ0n) is 39.9. The Morgan fingerprint density at radius 2 is 0.736 bits per heavy atom. The molecule has 0 spiro atoms. The maximum absolute atomic E-state index is 9.94. The highest BCUT2D eigenvalue weighted by molar-refractivity contribution is 6.28. The van der Waals surface area contributed by atoms with E-state index in [0.29, 0.717) is 11.3 Å². The number of nitrogens with zero attached hydrogens (tertiary/aromatic N) is 4. The van der Waals surface area contributed by atoms with E-state index in [2.05, 4.69) is 253 Å². The van der Waals surface area contributed by atoms with Crippen LogP contribution in [0.15, 0.2) is 243 Å². The summed E-state index contributed by atoms with van der Waals surface area (Å²) in [5.41, 5.74) is 18.6. The first-order valence-electron chi connectivity index (χ1n) is 24.2. The number of aryl methyl sites for hydroxylation is 2. The molecule has 0 saturated heterocycles. The van der Waals surface area contributed by atoms with E-state index in [9.17, 15) is 5.26 Å². The smallest absolute Gasteiger partial charge is 0.187 e. The molecule has 0 radical (unpaired) electrons. The van der Waals surface area contributed by atoms with Gasteiger partial charge in [0, 0.05) is 33.5 Å². The molecule has 0 bridgehead atoms. The van der Waals surface area contributed by atoms with Crippen molar-refractivity contribution in [3.05, 3.63) is 271 Å². The van der Waals surface area contributed by atoms with Crippen LogP contribution in [0.1, 0.15) is 16.7 Å². The van der Waals surface area contributed by atoms with Gasteiger partial charge in [0.15, 0.2) is 5.69 Å². The van der Waals surface area contributed by atoms with Crippen molar-refractivity contribution in [2.24, 2.45) is 0 Å². The van der Waals surface area contributed by atoms with Crippen molar-refractivity contribution in [3.8, 4) is 50.6 Å². The second-order valence-electron chi connectivity index (χ2n) is 18.6. The number of rotatable bonds is 10. The monoisotopic (exact) mass is 918 g/mol. The maximum atomic E-state index is 9.94. The Labute approximate surface area is 420 Å². The summed E-state index contributed by atoms with van der Waals surface area (Å²) in [5.74, 6) is 0. The lowest BCUT2D eigenvalue weighted by Crippen LogP contribution is -2.12. The maximum Gasteiger partial charge on any atom is 0.187 e. The van der Waals surface area contributed by atoms with Crippen LogP contribution in [0.25, 0.3) is 81.7 Å². The molecule has 12 aromatic carbocycles. The molecule has 0 heterocycles. The van der Waals surface area contributed by atoms with E-state index in [1.165, 1.54) is 21.9 Å². The van der Waals surface area contributed by atoms with Crippen LogP contribution in [-0.2, 0) is 0 Å². The fourth-order valence-electron chi connectivity index (χ4n) is 10.3. The standard InChI is InChI=1S/C68H46N4/c1-45-14-20-50(21-15-45)56-38-54(48-10-6-4-7-11-48)40-61(42-56)71(59-30-18-47(44-69)19-31-59)65-36-26-52-25-35-64-66(37-27-53-24-34-63(65)67(52)68(53)64)72(60-32-28-58(70-3)29-33-60)62-41-55(49-12-8-5-9-13-49)39-57(43-62)51-22-16-46(2)17-23-51/h4-43H,1-2H3. The summed E-state index contributed by atoms with van der Waals surface area (Å²) in [6, 6.07) is 88.6. The van der Waals surface area contributed by atoms with Crippen LogP contribution in [0, 0.1) is 31.8 Å². The van der Waals surface area contributed by atoms with E-state index < -0.39 is 0 Å². The second-order valence-corrected chi connectivity index (χ2v) is 18.6. The van der Waals surface area contributed by atoms with Gasteiger partial charge in [-0.2, -0.15) is 5.26 Å². The molecular formula is C68H46N4. The Balaban J connectivity index is 1.10. The van der Waals surface area contributed by atoms with Gasteiger partial charge in [-0.15, -0.1) is 0 Å². The molecule has 4 nitrogen and oxygen atoms in total. The lowest BCUT2D eigenvalue weighted by molar-refractivity contribution is 1.29. The number of benzene rings is 12. The van der Waals surface area contributed by atoms with Gasteiger partial charge in [0.1, 0.15) is 0 Å². The Morgan fingerprint density at radius 3 is 1.12 bits per heavy atom. The summed E-state index contributed by atoms with van der Waals surface area (Å²) in [7, 11) is 0. The van der Waals surface area contributed by atoms with Crippen molar-refractivity contribution >= 4 is 72.1 Å². The molecule has 0 saturated carbocycles. The number of nitriles is 1. The van der Waals surface area contributed by atoms with Gasteiger partial charge in [0.05, 0.1) is 29.6 Å². The van der Waals surface area contributed by atoms with Crippen LogP contribution >= 0.6 is 0 Å². The highest BCUT2D eigenvalue weighted by atomic mass is 15.2. The molecule has 72 heavy (non-hydrogen) atoms. The fraction of sp³-hybridized carbons (Fsp3) is 0.0294. The van der Waals surface area contributed by atoms with Crippen molar-refractivity contribution in [2.45, 2.75) is 13.8 Å². The van der Waals surface area contributed by atoms with Gasteiger partial charge < -0.3 is 9.80 Å². The molecule has 12 aromatic rings. The van der Waals surface area contributed by atoms with Gasteiger partial charge in [-0.25, -0.2) is 4.85 Å². The van der Waals surface area contributed by atoms with Crippen molar-refractivity contribution in [3.63, 3.8) is 0 Å². The highest BCUT2D eigenvalue weighted by Crippen LogP contribution is 2.49. The van der Waals surface area contributed by atoms with Crippen LogP contribution in [0.3, 0.4) is 0 Å². The van der Waals surface area contributed by atoms with Gasteiger partial charge in [0.25, 0.3) is 0 Å². The molecule has 0 N–H and O–H groups in total. The molecule has 0 aliphatic rings. The third kappa shape index (κ3) is 8.04. The summed E-state index contributed by atoms with van der Waals surface area (Å²) < 4.78 is 0. The molecule has 12 rings (SSSR count). The van der Waals surface area contributed by atoms with E-state index in [1.807, 2.05) is 24.3 Å². The SMILES string of the molecule is [C-]#[N+]c1ccc(N(c2cc(-c3ccccc3)cc(-c3ccc(C)cc3)c2)c2ccc3ccc4c(N(c5ccc(C#N)cc5)c5cc(-c6ccccc6)cc(-c6ccc(C)cc6)c5)ccc5ccc2c3c54)cc1. The number of anilines is 6. The van der Waals surface area contributed by atoms with Crippen molar-refractivity contribution in [2.75, 3.05) is 9.80 Å². The van der Waals surface area contributed by atoms with Crippen LogP contribution in [0.4, 0.5) is 39.8 Å². The van der Waals surface area contributed by atoms with E-state index in [4.69, 9.17) is 6.57 Å². The summed E-state index contributed by atoms with van der Waals surface area (Å²) in [4.78, 5) is 8.48. The zero-order chi connectivity index (χ0) is 48.7. The van der Waals surface area contributed by atoms with Crippen LogP contribution in [-0.4, -0.2) is 0 Å². The molecular weight excluding hydrogens is 873 g/mol. The number of hydrogen-bond donors (Lipinski definition) is 0. The van der Waals surface area contributed by atoms with E-state index in [-0.39, 0.29) is 0 Å². The van der Waals surface area contributed by atoms with Gasteiger partial charge >= 0.3 is 0 Å². The molecule has 0 atom stereocenters. The molecule has 0 aliphatic carbocycles. The first-order valence-corrected chi connectivity index (χ1v) is 24.2. The first-order chi connectivity index (χ1) is 35.4. The van der Waals surface area contributed by atoms with Gasteiger partial charge in [-0.05, 0) is 165 Å². The van der Waals surface area contributed by atoms with E-state index >= 15 is 0 Å². The summed E-state index contributed by atoms with van der Waals surface area (Å²) in [6.07, 6.45) is 0. The Kier molecular flexibility index (Phi) is 11.1. The van der Waals surface area contributed by atoms with Crippen LogP contribution < -0.4 is 9.80 Å². The average molecular weight is 919 g/mol. The summed E-state index contributed by atoms with van der Waals surface area (Å²) in [6.45, 7) is 12.1. The lowest BCUT2D eigenvalue weighted by Gasteiger charge is -2.30. The molecule has 4 heteroatoms. The van der Waals surface area contributed by atoms with Crippen molar-refractivity contribution in [1.82, 2.24) is 0 Å². The molecule has 0 aliphatic heterocycles. The third-order valence-corrected chi connectivity index (χ3v) is 13.9. The average Bonchev–Trinajstić information content (AvgIpc) is 3.44. The first kappa shape index (κ1) is 43.5. The second kappa shape index (κ2) is 18.3. The molecule has 0 amide bonds. The van der Waals surface area contributed by atoms with Gasteiger partial charge in [0.2, 0.25) is 0 Å². The minimum atomic E-state index is 0.590. The quantitative estimate of drug-likeness (QED) is 0.101. The normalized spacial score (nSPS) is 11.2. The Morgan fingerprint density at radius 1 is 0.361 bits per heavy atom. The van der Waals surface area contributed by atoms with Crippen LogP contribution in [0.2, 0.25) is 0 Å². The Bertz CT molecular complexity index is 3770. The van der Waals surface area contributed by atoms with Crippen molar-refractivity contribution in [1.29, 1.82) is 5.26 Å². The largest absolute Gasteiger partial charge is 0.310 e. The summed E-state index contributed by atoms with van der Waals surface area (Å²) in [5, 5.41) is 16.8. The number of hydrogen-bond acceptors (Lipinski definition) is 3. The minimum Gasteiger partial charge on any atom is -0.310 e. The van der Waals surface area contributed by atoms with Crippen molar-refractivity contribution < 1.29 is 0 Å². The zero-order valence-corrected chi connectivity index (χ0v) is 39.9. The third-order valence-electron chi connectivity index (χ3n) is 13.9. The van der Waals surface area contributed by atoms with Gasteiger partial charge in [-0.1, -0.05) is 169 Å². The summed E-state index contributed by atoms with van der Waals surface area (Å²) >= 11 is 0. The van der Waals surface area contributed by atoms with E-state index in [0.717, 1.165) is 100 Å². The predicted molar refractivity (Wildman–Crippen MR) is 302 cm³/mol. The molecule has 0 fully saturated rings. The predicted octanol–water partition coefficient (Wildman–Crippen LogP) is 19.2. The van der Waals surface area contributed by atoms with Crippen LogP contribution in [0.5, 0.6) is 0 Å². The molecule has 338 valence electrons. The Hall–Kier alpha value is -9.74. The fourth-order valence-corrected chi connectivity index (χ4v) is 10.3. The highest BCUT2D eigenvalue weighted by Gasteiger charge is 2.24.